The molecule has 4 nitrogen and oxygen atoms in total. The summed E-state index contributed by atoms with van der Waals surface area (Å²) in [4.78, 5) is 24.9. The summed E-state index contributed by atoms with van der Waals surface area (Å²) in [7, 11) is -1.43. The second kappa shape index (κ2) is 5.61. The van der Waals surface area contributed by atoms with E-state index in [0.717, 1.165) is 4.90 Å². The van der Waals surface area contributed by atoms with Crippen molar-refractivity contribution in [1.29, 1.82) is 0 Å². The molecule has 1 saturated heterocycles. The minimum atomic E-state index is -1.43. The minimum Gasteiger partial charge on any atom is -0.276 e. The maximum absolute atomic E-state index is 12.0. The summed E-state index contributed by atoms with van der Waals surface area (Å²) in [6, 6.07) is 4.86. The molecule has 7 heteroatoms. The van der Waals surface area contributed by atoms with Crippen LogP contribution >= 0.6 is 23.2 Å². The van der Waals surface area contributed by atoms with Crippen LogP contribution in [0.3, 0.4) is 0 Å². The highest BCUT2D eigenvalue weighted by Crippen LogP contribution is 2.24. The van der Waals surface area contributed by atoms with Crippen molar-refractivity contribution in [1.82, 2.24) is 4.90 Å². The van der Waals surface area contributed by atoms with Crippen molar-refractivity contribution < 1.29 is 13.8 Å². The molecule has 0 spiro atoms. The van der Waals surface area contributed by atoms with Crippen molar-refractivity contribution in [3.8, 4) is 0 Å². The smallest absolute Gasteiger partial charge is 0.244 e. The average Bonchev–Trinajstić information content (AvgIpc) is 2.34. The Kier molecular flexibility index (Phi) is 4.28. The van der Waals surface area contributed by atoms with Crippen molar-refractivity contribution in [2.75, 3.05) is 5.75 Å². The summed E-state index contributed by atoms with van der Waals surface area (Å²) in [5.74, 6) is -0.994. The van der Waals surface area contributed by atoms with Gasteiger partial charge in [-0.1, -0.05) is 29.3 Å². The van der Waals surface area contributed by atoms with Crippen molar-refractivity contribution in [3.05, 3.63) is 33.8 Å². The summed E-state index contributed by atoms with van der Waals surface area (Å²) in [6.07, 6.45) is 0. The molecule has 1 aromatic carbocycles. The van der Waals surface area contributed by atoms with E-state index in [1.807, 2.05) is 0 Å². The van der Waals surface area contributed by atoms with Gasteiger partial charge in [-0.3, -0.25) is 18.7 Å². The molecule has 19 heavy (non-hydrogen) atoms. The highest BCUT2D eigenvalue weighted by Gasteiger charge is 2.36. The van der Waals surface area contributed by atoms with E-state index < -0.39 is 27.9 Å². The first-order valence-electron chi connectivity index (χ1n) is 5.55. The highest BCUT2D eigenvalue weighted by molar-refractivity contribution is 7.87. The zero-order valence-electron chi connectivity index (χ0n) is 10.1. The molecule has 102 valence electrons. The van der Waals surface area contributed by atoms with Crippen LogP contribution < -0.4 is 0 Å². The number of benzene rings is 1. The Morgan fingerprint density at radius 3 is 2.68 bits per heavy atom. The summed E-state index contributed by atoms with van der Waals surface area (Å²) in [5.41, 5.74) is 0.632. The Bertz CT molecular complexity index is 576. The molecule has 0 radical (unpaired) electrons. The lowest BCUT2D eigenvalue weighted by Crippen LogP contribution is -2.51. The van der Waals surface area contributed by atoms with E-state index in [9.17, 15) is 13.8 Å². The molecule has 1 aromatic rings. The average molecular weight is 320 g/mol. The Labute approximate surface area is 123 Å². The molecule has 0 unspecified atom stereocenters. The molecule has 0 aliphatic carbocycles. The Morgan fingerprint density at radius 1 is 1.37 bits per heavy atom. The van der Waals surface area contributed by atoms with Crippen LogP contribution in [0.25, 0.3) is 0 Å². The van der Waals surface area contributed by atoms with E-state index in [1.165, 1.54) is 0 Å². The topological polar surface area (TPSA) is 54.5 Å². The van der Waals surface area contributed by atoms with Gasteiger partial charge in [-0.15, -0.1) is 0 Å². The van der Waals surface area contributed by atoms with Crippen LogP contribution in [0.1, 0.15) is 12.5 Å². The fourth-order valence-electron chi connectivity index (χ4n) is 1.77. The number of carbonyl (C=O) groups is 2. The van der Waals surface area contributed by atoms with E-state index in [4.69, 9.17) is 23.2 Å². The second-order valence-electron chi connectivity index (χ2n) is 4.22. The fraction of sp³-hybridized carbons (Fsp3) is 0.333. The SMILES string of the molecule is C[C@@H]1C(=O)N(Cc2ccc(Cl)cc2Cl)C(=O)C[S@]1=O. The maximum atomic E-state index is 12.0. The molecule has 1 aliphatic heterocycles. The third-order valence-corrected chi connectivity index (χ3v) is 5.03. The minimum absolute atomic E-state index is 0.0786. The van der Waals surface area contributed by atoms with Crippen molar-refractivity contribution in [2.24, 2.45) is 0 Å². The number of nitrogens with zero attached hydrogens (tertiary/aromatic N) is 1. The van der Waals surface area contributed by atoms with Gasteiger partial charge in [0.15, 0.2) is 0 Å². The monoisotopic (exact) mass is 319 g/mol. The Morgan fingerprint density at radius 2 is 2.05 bits per heavy atom. The fourth-order valence-corrected chi connectivity index (χ4v) is 3.24. The molecule has 0 saturated carbocycles. The predicted molar refractivity (Wildman–Crippen MR) is 74.5 cm³/mol. The van der Waals surface area contributed by atoms with Crippen LogP contribution in [0.4, 0.5) is 0 Å². The van der Waals surface area contributed by atoms with Crippen molar-refractivity contribution >= 4 is 45.8 Å². The van der Waals surface area contributed by atoms with Crippen molar-refractivity contribution in [2.45, 2.75) is 18.7 Å². The largest absolute Gasteiger partial charge is 0.276 e. The molecule has 2 atom stereocenters. The number of halogens is 2. The van der Waals surface area contributed by atoms with Crippen LogP contribution in [0, 0.1) is 0 Å². The van der Waals surface area contributed by atoms with Gasteiger partial charge < -0.3 is 0 Å². The van der Waals surface area contributed by atoms with Crippen molar-refractivity contribution in [3.63, 3.8) is 0 Å². The molecule has 1 aliphatic rings. The van der Waals surface area contributed by atoms with Crippen LogP contribution in [-0.2, 0) is 26.9 Å². The van der Waals surface area contributed by atoms with Gasteiger partial charge in [-0.25, -0.2) is 0 Å². The lowest BCUT2D eigenvalue weighted by Gasteiger charge is -2.28. The van der Waals surface area contributed by atoms with Gasteiger partial charge in [0, 0.05) is 20.8 Å². The van der Waals surface area contributed by atoms with Gasteiger partial charge in [0.2, 0.25) is 11.8 Å². The highest BCUT2D eigenvalue weighted by atomic mass is 35.5. The normalized spacial score (nSPS) is 23.8. The molecular formula is C12H11Cl2NO3S. The number of rotatable bonds is 2. The number of amides is 2. The lowest BCUT2D eigenvalue weighted by molar-refractivity contribution is -0.144. The first kappa shape index (κ1) is 14.5. The number of imide groups is 1. The molecule has 0 bridgehead atoms. The van der Waals surface area contributed by atoms with Gasteiger partial charge in [0.1, 0.15) is 11.0 Å². The molecule has 0 N–H and O–H groups in total. The van der Waals surface area contributed by atoms with E-state index >= 15 is 0 Å². The van der Waals surface area contributed by atoms with Gasteiger partial charge >= 0.3 is 0 Å². The molecule has 0 aromatic heterocycles. The maximum Gasteiger partial charge on any atom is 0.244 e. The standard InChI is InChI=1S/C12H11Cl2NO3S/c1-7-12(17)15(11(16)6-19(7)18)5-8-2-3-9(13)4-10(8)14/h2-4,7H,5-6H2,1H3/t7-,19-/m1/s1. The first-order chi connectivity index (χ1) is 8.90. The van der Waals surface area contributed by atoms with E-state index in [2.05, 4.69) is 0 Å². The number of hydrogen-bond donors (Lipinski definition) is 0. The molecule has 2 rings (SSSR count). The molecule has 1 fully saturated rings. The van der Waals surface area contributed by atoms with Gasteiger partial charge in [-0.05, 0) is 24.6 Å². The Balaban J connectivity index is 2.24. The number of carbonyl (C=O) groups excluding carboxylic acids is 2. The zero-order valence-corrected chi connectivity index (χ0v) is 12.4. The first-order valence-corrected chi connectivity index (χ1v) is 7.69. The third kappa shape index (κ3) is 2.99. The van der Waals surface area contributed by atoms with Crippen LogP contribution in [-0.4, -0.2) is 31.9 Å². The van der Waals surface area contributed by atoms with Gasteiger partial charge in [-0.2, -0.15) is 0 Å². The lowest BCUT2D eigenvalue weighted by atomic mass is 10.2. The summed E-state index contributed by atoms with van der Waals surface area (Å²) in [5, 5.41) is 0.218. The van der Waals surface area contributed by atoms with Crippen LogP contribution in [0.15, 0.2) is 18.2 Å². The van der Waals surface area contributed by atoms with Crippen LogP contribution in [0.2, 0.25) is 10.0 Å². The predicted octanol–water partition coefficient (Wildman–Crippen LogP) is 2.00. The quantitative estimate of drug-likeness (QED) is 0.783. The third-order valence-electron chi connectivity index (χ3n) is 2.92. The zero-order chi connectivity index (χ0) is 14.2. The van der Waals surface area contributed by atoms with Gasteiger partial charge in [0.25, 0.3) is 0 Å². The van der Waals surface area contributed by atoms with Gasteiger partial charge in [0.05, 0.1) is 6.54 Å². The molecular weight excluding hydrogens is 309 g/mol. The molecule has 2 amide bonds. The second-order valence-corrected chi connectivity index (χ2v) is 6.82. The van der Waals surface area contributed by atoms with Crippen LogP contribution in [0.5, 0.6) is 0 Å². The summed E-state index contributed by atoms with van der Waals surface area (Å²) >= 11 is 11.8. The summed E-state index contributed by atoms with van der Waals surface area (Å²) in [6.45, 7) is 1.64. The molecule has 1 heterocycles. The summed E-state index contributed by atoms with van der Waals surface area (Å²) < 4.78 is 11.5. The Hall–Kier alpha value is -0.910. The van der Waals surface area contributed by atoms with E-state index in [0.29, 0.717) is 15.6 Å². The van der Waals surface area contributed by atoms with E-state index in [1.54, 1.807) is 25.1 Å². The number of hydrogen-bond acceptors (Lipinski definition) is 3. The van der Waals surface area contributed by atoms with E-state index in [-0.39, 0.29) is 12.3 Å².